The second-order valence-corrected chi connectivity index (χ2v) is 7.56. The van der Waals surface area contributed by atoms with Crippen molar-refractivity contribution in [2.75, 3.05) is 5.32 Å². The van der Waals surface area contributed by atoms with E-state index >= 15 is 0 Å². The topological polar surface area (TPSA) is 34.0 Å². The molecule has 122 valence electrons. The SMILES string of the molecule is C=CC(=O)Nc1ccc2c(c1)c(C1CCC(C)(C)CC1)cn2C. The molecule has 0 aliphatic heterocycles. The number of rotatable bonds is 3. The predicted octanol–water partition coefficient (Wildman–Crippen LogP) is 4.99. The third-order valence-corrected chi connectivity index (χ3v) is 5.25. The summed E-state index contributed by atoms with van der Waals surface area (Å²) in [7, 11) is 2.10. The molecule has 0 atom stereocenters. The monoisotopic (exact) mass is 310 g/mol. The Morgan fingerprint density at radius 1 is 1.35 bits per heavy atom. The summed E-state index contributed by atoms with van der Waals surface area (Å²) in [4.78, 5) is 11.5. The quantitative estimate of drug-likeness (QED) is 0.796. The lowest BCUT2D eigenvalue weighted by Gasteiger charge is -2.34. The van der Waals surface area contributed by atoms with Crippen LogP contribution in [0.4, 0.5) is 5.69 Å². The number of benzene rings is 1. The number of carbonyl (C=O) groups is 1. The lowest BCUT2D eigenvalue weighted by molar-refractivity contribution is -0.111. The number of anilines is 1. The summed E-state index contributed by atoms with van der Waals surface area (Å²) in [6.07, 6.45) is 8.62. The first-order valence-corrected chi connectivity index (χ1v) is 8.42. The van der Waals surface area contributed by atoms with Gasteiger partial charge in [0.2, 0.25) is 5.91 Å². The molecule has 0 saturated heterocycles. The van der Waals surface area contributed by atoms with E-state index in [4.69, 9.17) is 0 Å². The minimum atomic E-state index is -0.166. The van der Waals surface area contributed by atoms with Gasteiger partial charge in [0.15, 0.2) is 0 Å². The van der Waals surface area contributed by atoms with Gasteiger partial charge in [-0.3, -0.25) is 4.79 Å². The minimum absolute atomic E-state index is 0.166. The van der Waals surface area contributed by atoms with E-state index in [2.05, 4.69) is 55.7 Å². The van der Waals surface area contributed by atoms with E-state index in [0.717, 1.165) is 5.69 Å². The summed E-state index contributed by atoms with van der Waals surface area (Å²) in [6, 6.07) is 6.15. The van der Waals surface area contributed by atoms with E-state index in [1.165, 1.54) is 48.2 Å². The number of hydrogen-bond acceptors (Lipinski definition) is 1. The predicted molar refractivity (Wildman–Crippen MR) is 96.7 cm³/mol. The van der Waals surface area contributed by atoms with Crippen LogP contribution in [0.1, 0.15) is 51.0 Å². The van der Waals surface area contributed by atoms with Gasteiger partial charge in [0, 0.05) is 29.8 Å². The number of nitrogens with zero attached hydrogens (tertiary/aromatic N) is 1. The van der Waals surface area contributed by atoms with Crippen molar-refractivity contribution < 1.29 is 4.79 Å². The lowest BCUT2D eigenvalue weighted by Crippen LogP contribution is -2.20. The fourth-order valence-electron chi connectivity index (χ4n) is 3.73. The Morgan fingerprint density at radius 2 is 2.04 bits per heavy atom. The highest BCUT2D eigenvalue weighted by Gasteiger charge is 2.29. The number of aromatic nitrogens is 1. The molecular formula is C20H26N2O. The van der Waals surface area contributed by atoms with Crippen LogP contribution in [0, 0.1) is 5.41 Å². The number of fused-ring (bicyclic) bond motifs is 1. The van der Waals surface area contributed by atoms with Crippen molar-refractivity contribution >= 4 is 22.5 Å². The van der Waals surface area contributed by atoms with Gasteiger partial charge in [0.05, 0.1) is 0 Å². The highest BCUT2D eigenvalue weighted by Crippen LogP contribution is 2.44. The summed E-state index contributed by atoms with van der Waals surface area (Å²) < 4.78 is 2.20. The van der Waals surface area contributed by atoms with Crippen LogP contribution < -0.4 is 5.32 Å². The second kappa shape index (κ2) is 5.88. The molecule has 1 amide bonds. The molecule has 3 heteroatoms. The molecule has 3 rings (SSSR count). The van der Waals surface area contributed by atoms with E-state index in [0.29, 0.717) is 11.3 Å². The van der Waals surface area contributed by atoms with Crippen LogP contribution in [0.3, 0.4) is 0 Å². The van der Waals surface area contributed by atoms with Crippen molar-refractivity contribution in [3.8, 4) is 0 Å². The van der Waals surface area contributed by atoms with Crippen molar-refractivity contribution in [3.05, 3.63) is 42.6 Å². The third-order valence-electron chi connectivity index (χ3n) is 5.25. The van der Waals surface area contributed by atoms with Gasteiger partial charge >= 0.3 is 0 Å². The Kier molecular flexibility index (Phi) is 4.05. The van der Waals surface area contributed by atoms with Gasteiger partial charge in [-0.2, -0.15) is 0 Å². The molecule has 1 N–H and O–H groups in total. The zero-order valence-electron chi connectivity index (χ0n) is 14.4. The Labute approximate surface area is 138 Å². The van der Waals surface area contributed by atoms with E-state index in [-0.39, 0.29) is 5.91 Å². The van der Waals surface area contributed by atoms with Crippen molar-refractivity contribution in [3.63, 3.8) is 0 Å². The molecule has 1 aromatic carbocycles. The molecule has 1 saturated carbocycles. The fourth-order valence-corrected chi connectivity index (χ4v) is 3.73. The maximum absolute atomic E-state index is 11.5. The number of amides is 1. The molecule has 1 heterocycles. The first-order valence-electron chi connectivity index (χ1n) is 8.42. The summed E-state index contributed by atoms with van der Waals surface area (Å²) in [5.41, 5.74) is 3.96. The molecule has 0 spiro atoms. The van der Waals surface area contributed by atoms with E-state index in [1.54, 1.807) is 0 Å². The van der Waals surface area contributed by atoms with Gasteiger partial charge in [-0.1, -0.05) is 20.4 Å². The maximum Gasteiger partial charge on any atom is 0.247 e. The molecule has 1 aliphatic carbocycles. The van der Waals surface area contributed by atoms with Crippen molar-refractivity contribution in [2.24, 2.45) is 12.5 Å². The first kappa shape index (κ1) is 15.9. The molecule has 2 aromatic rings. The van der Waals surface area contributed by atoms with Gasteiger partial charge < -0.3 is 9.88 Å². The molecule has 23 heavy (non-hydrogen) atoms. The zero-order valence-corrected chi connectivity index (χ0v) is 14.4. The number of nitrogens with one attached hydrogen (secondary N) is 1. The second-order valence-electron chi connectivity index (χ2n) is 7.56. The summed E-state index contributed by atoms with van der Waals surface area (Å²) in [5, 5.41) is 4.13. The summed E-state index contributed by atoms with van der Waals surface area (Å²) >= 11 is 0. The van der Waals surface area contributed by atoms with Gasteiger partial charge in [-0.15, -0.1) is 0 Å². The summed E-state index contributed by atoms with van der Waals surface area (Å²) in [6.45, 7) is 8.25. The van der Waals surface area contributed by atoms with Crippen LogP contribution in [-0.4, -0.2) is 10.5 Å². The molecule has 3 nitrogen and oxygen atoms in total. The molecule has 0 unspecified atom stereocenters. The molecular weight excluding hydrogens is 284 g/mol. The smallest absolute Gasteiger partial charge is 0.247 e. The van der Waals surface area contributed by atoms with E-state index in [9.17, 15) is 4.79 Å². The number of hydrogen-bond donors (Lipinski definition) is 1. The highest BCUT2D eigenvalue weighted by molar-refractivity contribution is 6.00. The molecule has 0 radical (unpaired) electrons. The maximum atomic E-state index is 11.5. The van der Waals surface area contributed by atoms with E-state index < -0.39 is 0 Å². The fraction of sp³-hybridized carbons (Fsp3) is 0.450. The number of aryl methyl sites for hydroxylation is 1. The Balaban J connectivity index is 1.95. The van der Waals surface area contributed by atoms with Crippen molar-refractivity contribution in [1.82, 2.24) is 4.57 Å². The lowest BCUT2D eigenvalue weighted by atomic mass is 9.71. The van der Waals surface area contributed by atoms with Crippen LogP contribution in [0.25, 0.3) is 10.9 Å². The van der Waals surface area contributed by atoms with Gasteiger partial charge in [0.1, 0.15) is 0 Å². The van der Waals surface area contributed by atoms with E-state index in [1.807, 2.05) is 6.07 Å². The van der Waals surface area contributed by atoms with Gasteiger partial charge in [-0.05, 0) is 66.9 Å². The average molecular weight is 310 g/mol. The van der Waals surface area contributed by atoms with Crippen LogP contribution >= 0.6 is 0 Å². The Bertz CT molecular complexity index is 744. The Morgan fingerprint density at radius 3 is 2.70 bits per heavy atom. The minimum Gasteiger partial charge on any atom is -0.350 e. The number of carbonyl (C=O) groups excluding carboxylic acids is 1. The van der Waals surface area contributed by atoms with Crippen LogP contribution in [0.15, 0.2) is 37.1 Å². The van der Waals surface area contributed by atoms with Gasteiger partial charge in [-0.25, -0.2) is 0 Å². The molecule has 1 fully saturated rings. The molecule has 0 bridgehead atoms. The highest BCUT2D eigenvalue weighted by atomic mass is 16.1. The largest absolute Gasteiger partial charge is 0.350 e. The summed E-state index contributed by atoms with van der Waals surface area (Å²) in [5.74, 6) is 0.457. The third kappa shape index (κ3) is 3.19. The molecule has 1 aliphatic rings. The standard InChI is InChI=1S/C20H26N2O/c1-5-19(23)21-15-6-7-18-16(12-15)17(13-22(18)4)14-8-10-20(2,3)11-9-14/h5-7,12-14H,1,8-11H2,2-4H3,(H,21,23). The van der Waals surface area contributed by atoms with Crippen molar-refractivity contribution in [2.45, 2.75) is 45.4 Å². The molecule has 1 aromatic heterocycles. The average Bonchev–Trinajstić information content (AvgIpc) is 2.84. The Hall–Kier alpha value is -2.03. The van der Waals surface area contributed by atoms with Crippen LogP contribution in [0.2, 0.25) is 0 Å². The zero-order chi connectivity index (χ0) is 16.6. The van der Waals surface area contributed by atoms with Crippen LogP contribution in [0.5, 0.6) is 0 Å². The normalized spacial score (nSPS) is 18.0. The van der Waals surface area contributed by atoms with Gasteiger partial charge in [0.25, 0.3) is 0 Å². The van der Waals surface area contributed by atoms with Crippen LogP contribution in [-0.2, 0) is 11.8 Å². The van der Waals surface area contributed by atoms with Crippen molar-refractivity contribution in [1.29, 1.82) is 0 Å². The first-order chi connectivity index (χ1) is 10.9.